The van der Waals surface area contributed by atoms with Gasteiger partial charge in [0, 0.05) is 19.4 Å². The zero-order valence-corrected chi connectivity index (χ0v) is 34.8. The van der Waals surface area contributed by atoms with E-state index in [4.69, 9.17) is 4.74 Å². The van der Waals surface area contributed by atoms with Crippen LogP contribution in [0.15, 0.2) is 30.3 Å². The third-order valence-electron chi connectivity index (χ3n) is 10.3. The lowest BCUT2D eigenvalue weighted by Gasteiger charge is -2.32. The second kappa shape index (κ2) is 21.5. The van der Waals surface area contributed by atoms with Gasteiger partial charge in [-0.2, -0.15) is 0 Å². The van der Waals surface area contributed by atoms with Gasteiger partial charge in [0.15, 0.2) is 0 Å². The first-order chi connectivity index (χ1) is 26.9. The quantitative estimate of drug-likeness (QED) is 0.177. The molecule has 0 spiro atoms. The van der Waals surface area contributed by atoms with E-state index in [1.54, 1.807) is 78.8 Å². The van der Waals surface area contributed by atoms with Crippen molar-refractivity contribution in [2.75, 3.05) is 6.54 Å². The Balaban J connectivity index is 2.15. The monoisotopic (exact) mass is 797 g/mol. The summed E-state index contributed by atoms with van der Waals surface area (Å²) in [5.41, 5.74) is 0.700. The first kappa shape index (κ1) is 46.4. The minimum Gasteiger partial charge on any atom is -0.458 e. The summed E-state index contributed by atoms with van der Waals surface area (Å²) in [5.74, 6) is -6.54. The average molecular weight is 798 g/mol. The van der Waals surface area contributed by atoms with E-state index in [9.17, 15) is 38.4 Å². The first-order valence-corrected chi connectivity index (χ1v) is 20.3. The molecule has 0 saturated carbocycles. The Bertz CT molecular complexity index is 1600. The number of esters is 1. The molecule has 0 radical (unpaired) electrons. The number of ether oxygens (including phenoxy) is 1. The number of amides is 7. The molecule has 316 valence electrons. The van der Waals surface area contributed by atoms with E-state index in [1.165, 1.54) is 11.8 Å². The van der Waals surface area contributed by atoms with Gasteiger partial charge in [-0.15, -0.1) is 0 Å². The van der Waals surface area contributed by atoms with Crippen LogP contribution in [0.4, 0.5) is 0 Å². The van der Waals surface area contributed by atoms with Crippen molar-refractivity contribution in [3.8, 4) is 0 Å². The molecular formula is C41H63N7O9. The van der Waals surface area contributed by atoms with Gasteiger partial charge < -0.3 is 41.5 Å². The molecule has 0 unspecified atom stereocenters. The third-order valence-corrected chi connectivity index (χ3v) is 10.3. The molecular weight excluding hydrogens is 734 g/mol. The minimum atomic E-state index is -1.57. The Morgan fingerprint density at radius 1 is 0.807 bits per heavy atom. The summed E-state index contributed by atoms with van der Waals surface area (Å²) in [4.78, 5) is 112. The number of nitrogens with zero attached hydrogens (tertiary/aromatic N) is 1. The summed E-state index contributed by atoms with van der Waals surface area (Å²) in [5, 5.41) is 16.4. The van der Waals surface area contributed by atoms with Gasteiger partial charge in [0.1, 0.15) is 48.4 Å². The Kier molecular flexibility index (Phi) is 17.5. The number of rotatable bonds is 11. The van der Waals surface area contributed by atoms with Gasteiger partial charge in [-0.25, -0.2) is 4.79 Å². The molecule has 1 aromatic rings. The number of hydrogen-bond acceptors (Lipinski definition) is 9. The van der Waals surface area contributed by atoms with Gasteiger partial charge in [-0.3, -0.25) is 33.6 Å². The molecule has 7 amide bonds. The number of carbonyl (C=O) groups excluding carboxylic acids is 8. The van der Waals surface area contributed by atoms with E-state index in [0.29, 0.717) is 24.8 Å². The number of carbonyl (C=O) groups is 8. The maximum atomic E-state index is 14.5. The van der Waals surface area contributed by atoms with Crippen molar-refractivity contribution < 1.29 is 43.1 Å². The largest absolute Gasteiger partial charge is 0.458 e. The molecule has 2 fully saturated rings. The molecule has 0 bridgehead atoms. The fourth-order valence-electron chi connectivity index (χ4n) is 6.94. The summed E-state index contributed by atoms with van der Waals surface area (Å²) in [6.07, 6.45) is 0.324. The van der Waals surface area contributed by atoms with Crippen molar-refractivity contribution >= 4 is 47.3 Å². The minimum absolute atomic E-state index is 0.0175. The van der Waals surface area contributed by atoms with Gasteiger partial charge in [-0.1, -0.05) is 85.7 Å². The van der Waals surface area contributed by atoms with Crippen molar-refractivity contribution in [2.45, 2.75) is 149 Å². The second-order valence-corrected chi connectivity index (χ2v) is 16.0. The highest BCUT2D eigenvalue weighted by molar-refractivity contribution is 5.98. The molecule has 16 heteroatoms. The fourth-order valence-corrected chi connectivity index (χ4v) is 6.94. The maximum Gasteiger partial charge on any atom is 0.329 e. The predicted octanol–water partition coefficient (Wildman–Crippen LogP) is 1.25. The lowest BCUT2D eigenvalue weighted by molar-refractivity contribution is -0.157. The second-order valence-electron chi connectivity index (χ2n) is 16.0. The van der Waals surface area contributed by atoms with E-state index in [1.807, 2.05) is 6.92 Å². The molecule has 0 aromatic heterocycles. The normalized spacial score (nSPS) is 26.2. The lowest BCUT2D eigenvalue weighted by atomic mass is 10.0. The Labute approximate surface area is 336 Å². The highest BCUT2D eigenvalue weighted by atomic mass is 16.5. The highest BCUT2D eigenvalue weighted by Crippen LogP contribution is 2.21. The Morgan fingerprint density at radius 3 is 2.00 bits per heavy atom. The van der Waals surface area contributed by atoms with Crippen LogP contribution in [0.2, 0.25) is 0 Å². The lowest BCUT2D eigenvalue weighted by Crippen LogP contribution is -2.62. The van der Waals surface area contributed by atoms with Crippen molar-refractivity contribution in [1.29, 1.82) is 0 Å². The fraction of sp³-hybridized carbons (Fsp3) is 0.659. The van der Waals surface area contributed by atoms with E-state index in [2.05, 4.69) is 31.9 Å². The summed E-state index contributed by atoms with van der Waals surface area (Å²) < 4.78 is 5.83. The zero-order valence-electron chi connectivity index (χ0n) is 34.8. The van der Waals surface area contributed by atoms with Crippen LogP contribution in [0, 0.1) is 17.8 Å². The topological polar surface area (TPSA) is 221 Å². The summed E-state index contributed by atoms with van der Waals surface area (Å²) in [7, 11) is 0. The predicted molar refractivity (Wildman–Crippen MR) is 212 cm³/mol. The van der Waals surface area contributed by atoms with Crippen LogP contribution < -0.4 is 31.9 Å². The van der Waals surface area contributed by atoms with Crippen LogP contribution in [0.3, 0.4) is 0 Å². The Morgan fingerprint density at radius 2 is 1.42 bits per heavy atom. The molecule has 6 N–H and O–H groups in total. The first-order valence-electron chi connectivity index (χ1n) is 20.3. The van der Waals surface area contributed by atoms with Crippen LogP contribution in [0.25, 0.3) is 0 Å². The third kappa shape index (κ3) is 12.7. The molecule has 2 aliphatic heterocycles. The highest BCUT2D eigenvalue weighted by Gasteiger charge is 2.42. The van der Waals surface area contributed by atoms with Crippen LogP contribution in [-0.2, 0) is 49.5 Å². The standard InChI is InChI=1S/C41H63N7O9/c1-10-16-30(49)44-31(22(3)4)38(53)47-34-25(9)57-41(56)33(24(7)8)46-35(50)27(11-2)42-37(52)32(23(5)6)45-36(51)29-19-15-20-48(29)40(55)28(43-39(34)54)21-26-17-13-12-14-18-26/h12-14,17-18,22-25,27-29,31-34H,10-11,15-16,19-21H2,1-9H3,(H,42,52)(H,43,54)(H,44,49)(H,45,51)(H,46,50)(H,47,53)/t25-,27+,28-,29+,31+,32+,33+,34+/m1/s1. The summed E-state index contributed by atoms with van der Waals surface area (Å²) in [6.45, 7) is 15.4. The van der Waals surface area contributed by atoms with Crippen LogP contribution in [0.5, 0.6) is 0 Å². The smallest absolute Gasteiger partial charge is 0.329 e. The summed E-state index contributed by atoms with van der Waals surface area (Å²) >= 11 is 0. The molecule has 16 nitrogen and oxygen atoms in total. The van der Waals surface area contributed by atoms with E-state index < -0.39 is 108 Å². The maximum absolute atomic E-state index is 14.5. The number of fused-ring (bicyclic) bond motifs is 1. The number of hydrogen-bond donors (Lipinski definition) is 6. The van der Waals surface area contributed by atoms with Crippen molar-refractivity contribution in [2.24, 2.45) is 17.8 Å². The molecule has 2 saturated heterocycles. The number of cyclic esters (lactones) is 1. The molecule has 2 heterocycles. The van der Waals surface area contributed by atoms with Crippen LogP contribution >= 0.6 is 0 Å². The van der Waals surface area contributed by atoms with Gasteiger partial charge >= 0.3 is 5.97 Å². The number of benzene rings is 1. The van der Waals surface area contributed by atoms with E-state index in [-0.39, 0.29) is 31.7 Å². The molecule has 1 aromatic carbocycles. The molecule has 8 atom stereocenters. The van der Waals surface area contributed by atoms with Gasteiger partial charge in [0.25, 0.3) is 0 Å². The van der Waals surface area contributed by atoms with Gasteiger partial charge in [-0.05, 0) is 55.9 Å². The molecule has 2 aliphatic rings. The summed E-state index contributed by atoms with van der Waals surface area (Å²) in [6, 6.07) is 0.740. The van der Waals surface area contributed by atoms with Crippen LogP contribution in [-0.4, -0.2) is 107 Å². The van der Waals surface area contributed by atoms with Crippen molar-refractivity contribution in [1.82, 2.24) is 36.8 Å². The van der Waals surface area contributed by atoms with Gasteiger partial charge in [0.2, 0.25) is 41.4 Å². The average Bonchev–Trinajstić information content (AvgIpc) is 3.65. The Hall–Kier alpha value is -5.02. The van der Waals surface area contributed by atoms with Gasteiger partial charge in [0.05, 0.1) is 0 Å². The zero-order chi connectivity index (χ0) is 42.6. The van der Waals surface area contributed by atoms with E-state index in [0.717, 1.165) is 0 Å². The van der Waals surface area contributed by atoms with Crippen LogP contribution in [0.1, 0.15) is 100.0 Å². The van der Waals surface area contributed by atoms with Crippen molar-refractivity contribution in [3.63, 3.8) is 0 Å². The molecule has 3 rings (SSSR count). The molecule has 0 aliphatic carbocycles. The number of nitrogens with one attached hydrogen (secondary N) is 6. The van der Waals surface area contributed by atoms with E-state index >= 15 is 0 Å². The molecule has 57 heavy (non-hydrogen) atoms. The SMILES string of the molecule is CCCC(=O)N[C@H](C(=O)N[C@@H]1C(=O)N[C@H](Cc2ccccc2)C(=O)N2CCC[C@H]2C(=O)N[C@@H](C(C)C)C(=O)N[C@@H](CC)C(=O)N[C@@H](C(C)C)C(=O)O[C@@H]1C)C(C)C. The van der Waals surface area contributed by atoms with Crippen molar-refractivity contribution in [3.05, 3.63) is 35.9 Å².